The van der Waals surface area contributed by atoms with Gasteiger partial charge in [0.15, 0.2) is 0 Å². The maximum atomic E-state index is 5.26. The molecular weight excluding hydrogens is 166 g/mol. The topological polar surface area (TPSA) is 12.0 Å². The number of thioether (sulfide) groups is 1. The normalized spacial score (nSPS) is 12.4. The molecule has 1 atom stereocenters. The summed E-state index contributed by atoms with van der Waals surface area (Å²) in [7, 11) is 0. The molecule has 70 valence electrons. The van der Waals surface area contributed by atoms with Gasteiger partial charge >= 0.3 is 0 Å². The second-order valence-corrected chi connectivity index (χ2v) is 3.89. The van der Waals surface area contributed by atoms with Gasteiger partial charge in [-0.3, -0.25) is 0 Å². The average molecular weight is 185 g/mol. The van der Waals surface area contributed by atoms with Crippen molar-refractivity contribution in [2.45, 2.75) is 32.7 Å². The lowest BCUT2D eigenvalue weighted by molar-refractivity contribution is 0.588. The van der Waals surface area contributed by atoms with Crippen molar-refractivity contribution in [1.82, 2.24) is 5.32 Å². The molecule has 0 fully saturated rings. The van der Waals surface area contributed by atoms with Crippen LogP contribution >= 0.6 is 11.8 Å². The van der Waals surface area contributed by atoms with Crippen LogP contribution in [-0.4, -0.2) is 24.1 Å². The molecule has 0 aliphatic rings. The van der Waals surface area contributed by atoms with E-state index in [1.165, 1.54) is 12.2 Å². The van der Waals surface area contributed by atoms with Crippen molar-refractivity contribution < 1.29 is 0 Å². The summed E-state index contributed by atoms with van der Waals surface area (Å²) in [5, 5.41) is 3.38. The Morgan fingerprint density at radius 1 is 1.50 bits per heavy atom. The molecular formula is C10H19NS. The highest BCUT2D eigenvalue weighted by Gasteiger charge is 2.03. The van der Waals surface area contributed by atoms with E-state index in [1.807, 2.05) is 11.8 Å². The fourth-order valence-electron chi connectivity index (χ4n) is 0.991. The Balaban J connectivity index is 3.42. The lowest BCUT2D eigenvalue weighted by Gasteiger charge is -2.13. The van der Waals surface area contributed by atoms with Crippen LogP contribution in [0.3, 0.4) is 0 Å². The van der Waals surface area contributed by atoms with Crippen molar-refractivity contribution in [1.29, 1.82) is 0 Å². The van der Waals surface area contributed by atoms with Crippen molar-refractivity contribution in [3.05, 3.63) is 0 Å². The Morgan fingerprint density at radius 2 is 2.25 bits per heavy atom. The van der Waals surface area contributed by atoms with Crippen LogP contribution in [0.15, 0.2) is 0 Å². The van der Waals surface area contributed by atoms with Gasteiger partial charge in [0.05, 0.1) is 0 Å². The predicted molar refractivity (Wildman–Crippen MR) is 58.5 cm³/mol. The maximum Gasteiger partial charge on any atom is 0.0267 e. The Morgan fingerprint density at radius 3 is 2.75 bits per heavy atom. The first-order valence-corrected chi connectivity index (χ1v) is 5.75. The van der Waals surface area contributed by atoms with Gasteiger partial charge in [0.1, 0.15) is 0 Å². The maximum absolute atomic E-state index is 5.26. The van der Waals surface area contributed by atoms with E-state index in [4.69, 9.17) is 6.42 Å². The van der Waals surface area contributed by atoms with Crippen LogP contribution in [0.5, 0.6) is 0 Å². The summed E-state index contributed by atoms with van der Waals surface area (Å²) in [4.78, 5) is 0. The predicted octanol–water partition coefficient (Wildman–Crippen LogP) is 2.13. The summed E-state index contributed by atoms with van der Waals surface area (Å²) in [6.07, 6.45) is 7.37. The fraction of sp³-hybridized carbons (Fsp3) is 0.800. The van der Waals surface area contributed by atoms with Crippen LogP contribution in [0.1, 0.15) is 26.7 Å². The van der Waals surface area contributed by atoms with Crippen molar-refractivity contribution in [2.24, 2.45) is 0 Å². The quantitative estimate of drug-likeness (QED) is 0.482. The monoisotopic (exact) mass is 185 g/mol. The van der Waals surface area contributed by atoms with E-state index >= 15 is 0 Å². The van der Waals surface area contributed by atoms with Gasteiger partial charge in [-0.05, 0) is 18.7 Å². The first kappa shape index (κ1) is 11.9. The lowest BCUT2D eigenvalue weighted by atomic mass is 10.2. The van der Waals surface area contributed by atoms with Gasteiger partial charge in [-0.2, -0.15) is 11.8 Å². The summed E-state index contributed by atoms with van der Waals surface area (Å²) >= 11 is 1.98. The fourth-order valence-corrected chi connectivity index (χ4v) is 1.97. The molecule has 0 spiro atoms. The van der Waals surface area contributed by atoms with Crippen LogP contribution in [0.25, 0.3) is 0 Å². The minimum absolute atomic E-state index is 0.511. The number of terminal acetylenes is 1. The van der Waals surface area contributed by atoms with E-state index in [9.17, 15) is 0 Å². The molecule has 0 aromatic rings. The van der Waals surface area contributed by atoms with E-state index in [0.717, 1.165) is 18.7 Å². The third-order valence-corrected chi connectivity index (χ3v) is 2.86. The average Bonchev–Trinajstić information content (AvgIpc) is 2.06. The smallest absolute Gasteiger partial charge is 0.0267 e. The number of hydrogen-bond donors (Lipinski definition) is 1. The van der Waals surface area contributed by atoms with Gasteiger partial charge in [0.25, 0.3) is 0 Å². The zero-order chi connectivity index (χ0) is 9.23. The van der Waals surface area contributed by atoms with Crippen molar-refractivity contribution >= 4 is 11.8 Å². The molecule has 0 aromatic heterocycles. The summed E-state index contributed by atoms with van der Waals surface area (Å²) in [6.45, 7) is 5.34. The van der Waals surface area contributed by atoms with Gasteiger partial charge in [-0.1, -0.05) is 13.8 Å². The standard InChI is InChI=1S/C10H19NS/c1-4-7-10(11-6-3)9-12-8-5-2/h1,10-11H,5-9H2,2-3H3. The molecule has 0 heterocycles. The zero-order valence-corrected chi connectivity index (χ0v) is 8.91. The highest BCUT2D eigenvalue weighted by atomic mass is 32.2. The van der Waals surface area contributed by atoms with Crippen LogP contribution in [0, 0.1) is 12.3 Å². The summed E-state index contributed by atoms with van der Waals surface area (Å²) in [5.41, 5.74) is 0. The molecule has 0 aliphatic carbocycles. The van der Waals surface area contributed by atoms with Crippen molar-refractivity contribution in [3.8, 4) is 12.3 Å². The Bertz CT molecular complexity index is 128. The van der Waals surface area contributed by atoms with E-state index in [1.54, 1.807) is 0 Å². The van der Waals surface area contributed by atoms with Gasteiger partial charge in [-0.25, -0.2) is 0 Å². The minimum atomic E-state index is 0.511. The third-order valence-electron chi connectivity index (χ3n) is 1.52. The zero-order valence-electron chi connectivity index (χ0n) is 8.10. The Kier molecular flexibility index (Phi) is 8.86. The Hall–Kier alpha value is -0.130. The van der Waals surface area contributed by atoms with Crippen molar-refractivity contribution in [3.63, 3.8) is 0 Å². The molecule has 0 radical (unpaired) electrons. The largest absolute Gasteiger partial charge is 0.312 e. The number of rotatable bonds is 7. The summed E-state index contributed by atoms with van der Waals surface area (Å²) in [5.74, 6) is 5.09. The third kappa shape index (κ3) is 6.57. The van der Waals surface area contributed by atoms with Crippen LogP contribution in [0.2, 0.25) is 0 Å². The highest BCUT2D eigenvalue weighted by Crippen LogP contribution is 2.06. The first-order chi connectivity index (χ1) is 5.85. The van der Waals surface area contributed by atoms with Gasteiger partial charge in [0, 0.05) is 18.2 Å². The molecule has 1 nitrogen and oxygen atoms in total. The molecule has 12 heavy (non-hydrogen) atoms. The van der Waals surface area contributed by atoms with Gasteiger partial charge < -0.3 is 5.32 Å². The lowest BCUT2D eigenvalue weighted by Crippen LogP contribution is -2.30. The first-order valence-electron chi connectivity index (χ1n) is 4.59. The molecule has 0 rings (SSSR count). The molecule has 0 aromatic carbocycles. The molecule has 2 heteroatoms. The molecule has 1 unspecified atom stereocenters. The van der Waals surface area contributed by atoms with Gasteiger partial charge in [-0.15, -0.1) is 12.3 Å². The number of hydrogen-bond acceptors (Lipinski definition) is 2. The second kappa shape index (κ2) is 8.96. The number of nitrogens with one attached hydrogen (secondary N) is 1. The van der Waals surface area contributed by atoms with E-state index in [2.05, 4.69) is 25.1 Å². The van der Waals surface area contributed by atoms with E-state index in [-0.39, 0.29) is 0 Å². The van der Waals surface area contributed by atoms with Gasteiger partial charge in [0.2, 0.25) is 0 Å². The SMILES string of the molecule is C#CCC(CSCCC)NCC. The molecule has 0 bridgehead atoms. The molecule has 1 N–H and O–H groups in total. The summed E-state index contributed by atoms with van der Waals surface area (Å²) < 4.78 is 0. The summed E-state index contributed by atoms with van der Waals surface area (Å²) in [6, 6.07) is 0.511. The van der Waals surface area contributed by atoms with Crippen LogP contribution in [-0.2, 0) is 0 Å². The molecule has 0 amide bonds. The van der Waals surface area contributed by atoms with Crippen molar-refractivity contribution in [2.75, 3.05) is 18.1 Å². The molecule has 0 aliphatic heterocycles. The van der Waals surface area contributed by atoms with Crippen LogP contribution < -0.4 is 5.32 Å². The second-order valence-electron chi connectivity index (χ2n) is 2.74. The molecule has 0 saturated carbocycles. The van der Waals surface area contributed by atoms with E-state index in [0.29, 0.717) is 6.04 Å². The molecule has 0 saturated heterocycles. The van der Waals surface area contributed by atoms with Crippen LogP contribution in [0.4, 0.5) is 0 Å². The Labute approximate surface area is 80.7 Å². The highest BCUT2D eigenvalue weighted by molar-refractivity contribution is 7.99. The van der Waals surface area contributed by atoms with E-state index < -0.39 is 0 Å². The minimum Gasteiger partial charge on any atom is -0.312 e.